The van der Waals surface area contributed by atoms with Gasteiger partial charge in [0.15, 0.2) is 6.04 Å². The number of aromatic hydroxyl groups is 1. The van der Waals surface area contributed by atoms with Crippen LogP contribution in [-0.4, -0.2) is 28.7 Å². The predicted molar refractivity (Wildman–Crippen MR) is 109 cm³/mol. The molecule has 0 bridgehead atoms. The van der Waals surface area contributed by atoms with Crippen LogP contribution in [0.2, 0.25) is 0 Å². The van der Waals surface area contributed by atoms with Gasteiger partial charge in [-0.3, -0.25) is 19.9 Å². The highest BCUT2D eigenvalue weighted by Gasteiger charge is 2.32. The first-order valence-electron chi connectivity index (χ1n) is 8.94. The molecule has 0 saturated carbocycles. The van der Waals surface area contributed by atoms with Crippen molar-refractivity contribution in [2.45, 2.75) is 6.04 Å². The van der Waals surface area contributed by atoms with Gasteiger partial charge in [0.05, 0.1) is 16.3 Å². The molecular formula is C22H17N3O4. The molecule has 1 atom stereocenters. The lowest BCUT2D eigenvalue weighted by atomic mass is 9.99. The fourth-order valence-corrected chi connectivity index (χ4v) is 3.38. The minimum Gasteiger partial charge on any atom is -0.508 e. The Morgan fingerprint density at radius 1 is 1.03 bits per heavy atom. The summed E-state index contributed by atoms with van der Waals surface area (Å²) in [6.07, 6.45) is 0. The number of rotatable bonds is 3. The fourth-order valence-electron chi connectivity index (χ4n) is 3.38. The molecule has 0 aliphatic carbocycles. The Bertz CT molecular complexity index is 1120. The van der Waals surface area contributed by atoms with Gasteiger partial charge in [-0.05, 0) is 23.8 Å². The number of nitro groups is 1. The van der Waals surface area contributed by atoms with E-state index < -0.39 is 11.0 Å². The van der Waals surface area contributed by atoms with Crippen molar-refractivity contribution in [3.05, 3.63) is 99.6 Å². The molecule has 1 heterocycles. The number of carbonyl (C=O) groups excluding carboxylic acids is 1. The number of carbonyl (C=O) groups is 1. The highest BCUT2D eigenvalue weighted by Crippen LogP contribution is 2.35. The molecule has 4 rings (SSSR count). The monoisotopic (exact) mass is 387 g/mol. The van der Waals surface area contributed by atoms with Crippen molar-refractivity contribution in [2.75, 3.05) is 11.9 Å². The molecule has 3 aromatic rings. The average Bonchev–Trinajstić information content (AvgIpc) is 2.84. The number of aliphatic imine (C=N–C) groups is 1. The molecule has 3 aromatic carbocycles. The first-order valence-corrected chi connectivity index (χ1v) is 8.94. The molecule has 1 unspecified atom stereocenters. The Hall–Kier alpha value is -4.00. The lowest BCUT2D eigenvalue weighted by Crippen LogP contribution is -2.30. The fraction of sp³-hybridized carbons (Fsp3) is 0.0909. The van der Waals surface area contributed by atoms with Gasteiger partial charge < -0.3 is 10.0 Å². The summed E-state index contributed by atoms with van der Waals surface area (Å²) in [6, 6.07) is 19.1. The number of benzodiazepines with no additional fused rings is 1. The van der Waals surface area contributed by atoms with E-state index in [1.165, 1.54) is 29.2 Å². The van der Waals surface area contributed by atoms with Crippen LogP contribution in [0.3, 0.4) is 0 Å². The Morgan fingerprint density at radius 3 is 2.38 bits per heavy atom. The van der Waals surface area contributed by atoms with Crippen molar-refractivity contribution in [2.24, 2.45) is 4.99 Å². The number of phenols is 1. The molecule has 29 heavy (non-hydrogen) atoms. The van der Waals surface area contributed by atoms with E-state index >= 15 is 0 Å². The second-order valence-corrected chi connectivity index (χ2v) is 6.69. The third-order valence-electron chi connectivity index (χ3n) is 4.89. The van der Waals surface area contributed by atoms with Crippen LogP contribution < -0.4 is 4.90 Å². The molecule has 1 N–H and O–H groups in total. The van der Waals surface area contributed by atoms with E-state index in [0.29, 0.717) is 22.5 Å². The Balaban J connectivity index is 1.98. The highest BCUT2D eigenvalue weighted by atomic mass is 16.6. The minimum absolute atomic E-state index is 0.0729. The Labute approximate surface area is 166 Å². The molecule has 1 amide bonds. The molecular weight excluding hydrogens is 370 g/mol. The molecule has 0 saturated heterocycles. The second-order valence-electron chi connectivity index (χ2n) is 6.69. The third-order valence-corrected chi connectivity index (χ3v) is 4.89. The summed E-state index contributed by atoms with van der Waals surface area (Å²) < 4.78 is 0. The molecule has 7 nitrogen and oxygen atoms in total. The molecule has 0 fully saturated rings. The topological polar surface area (TPSA) is 96.0 Å². The summed E-state index contributed by atoms with van der Waals surface area (Å²) in [5.41, 5.74) is 2.86. The van der Waals surface area contributed by atoms with Crippen LogP contribution in [0.25, 0.3) is 0 Å². The summed E-state index contributed by atoms with van der Waals surface area (Å²) >= 11 is 0. The molecule has 144 valence electrons. The number of anilines is 1. The van der Waals surface area contributed by atoms with Gasteiger partial charge in [0.25, 0.3) is 11.6 Å². The van der Waals surface area contributed by atoms with Gasteiger partial charge in [-0.1, -0.05) is 42.5 Å². The van der Waals surface area contributed by atoms with E-state index in [1.54, 1.807) is 25.2 Å². The van der Waals surface area contributed by atoms with Crippen LogP contribution in [-0.2, 0) is 4.79 Å². The van der Waals surface area contributed by atoms with Gasteiger partial charge in [0.2, 0.25) is 0 Å². The van der Waals surface area contributed by atoms with Gasteiger partial charge in [-0.15, -0.1) is 0 Å². The van der Waals surface area contributed by atoms with Crippen LogP contribution >= 0.6 is 0 Å². The van der Waals surface area contributed by atoms with E-state index in [0.717, 1.165) is 5.56 Å². The van der Waals surface area contributed by atoms with Crippen LogP contribution in [0.1, 0.15) is 22.7 Å². The molecule has 1 aliphatic heterocycles. The smallest absolute Gasteiger partial charge is 0.270 e. The number of hydrogen-bond acceptors (Lipinski definition) is 5. The largest absolute Gasteiger partial charge is 0.508 e. The number of phenolic OH excluding ortho intramolecular Hbond substituents is 1. The first-order chi connectivity index (χ1) is 14.0. The minimum atomic E-state index is -0.845. The zero-order valence-corrected chi connectivity index (χ0v) is 15.5. The van der Waals surface area contributed by atoms with Gasteiger partial charge in [0, 0.05) is 30.3 Å². The number of non-ortho nitro benzene ring substituents is 1. The maximum absolute atomic E-state index is 13.2. The molecule has 0 spiro atoms. The van der Waals surface area contributed by atoms with Crippen LogP contribution in [0, 0.1) is 10.1 Å². The lowest BCUT2D eigenvalue weighted by Gasteiger charge is -2.20. The highest BCUT2D eigenvalue weighted by molar-refractivity contribution is 6.20. The van der Waals surface area contributed by atoms with Gasteiger partial charge in [0.1, 0.15) is 5.75 Å². The standard InChI is InChI=1S/C22H17N3O4/c1-24-19-12-9-16(25(28)29)13-18(19)20(14-5-3-2-4-6-14)23-21(22(24)27)15-7-10-17(26)11-8-15/h2-13,21,26H,1H3. The normalized spacial score (nSPS) is 16.0. The number of hydrogen-bond donors (Lipinski definition) is 1. The van der Waals surface area contributed by atoms with Crippen LogP contribution in [0.15, 0.2) is 77.8 Å². The van der Waals surface area contributed by atoms with Crippen molar-refractivity contribution in [3.63, 3.8) is 0 Å². The van der Waals surface area contributed by atoms with E-state index in [2.05, 4.69) is 0 Å². The zero-order chi connectivity index (χ0) is 20.5. The Kier molecular flexibility index (Phi) is 4.56. The molecule has 7 heteroatoms. The lowest BCUT2D eigenvalue weighted by molar-refractivity contribution is -0.384. The van der Waals surface area contributed by atoms with Crippen molar-refractivity contribution in [1.29, 1.82) is 0 Å². The SMILES string of the molecule is CN1C(=O)C(c2ccc(O)cc2)N=C(c2ccccc2)c2cc([N+](=O)[O-])ccc21. The van der Waals surface area contributed by atoms with Gasteiger partial charge >= 0.3 is 0 Å². The Morgan fingerprint density at radius 2 is 1.72 bits per heavy atom. The van der Waals surface area contributed by atoms with E-state index in [9.17, 15) is 20.0 Å². The number of nitrogens with zero attached hydrogens (tertiary/aromatic N) is 3. The van der Waals surface area contributed by atoms with Crippen molar-refractivity contribution < 1.29 is 14.8 Å². The van der Waals surface area contributed by atoms with Crippen LogP contribution in [0.5, 0.6) is 5.75 Å². The van der Waals surface area contributed by atoms with Gasteiger partial charge in [-0.25, -0.2) is 0 Å². The van der Waals surface area contributed by atoms with Crippen molar-refractivity contribution in [3.8, 4) is 5.75 Å². The summed E-state index contributed by atoms with van der Waals surface area (Å²) in [5.74, 6) is -0.175. The summed E-state index contributed by atoms with van der Waals surface area (Å²) in [7, 11) is 1.63. The average molecular weight is 387 g/mol. The maximum atomic E-state index is 13.2. The summed E-state index contributed by atoms with van der Waals surface area (Å²) in [5, 5.41) is 20.9. The number of nitro benzene ring substituents is 1. The number of likely N-dealkylation sites (N-methyl/N-ethyl adjacent to an activating group) is 1. The van der Waals surface area contributed by atoms with E-state index in [-0.39, 0.29) is 17.3 Å². The van der Waals surface area contributed by atoms with Crippen LogP contribution in [0.4, 0.5) is 11.4 Å². The first kappa shape index (κ1) is 18.4. The van der Waals surface area contributed by atoms with E-state index in [1.807, 2.05) is 30.3 Å². The second kappa shape index (κ2) is 7.20. The number of amides is 1. The van der Waals surface area contributed by atoms with E-state index in [4.69, 9.17) is 4.99 Å². The number of fused-ring (bicyclic) bond motifs is 1. The zero-order valence-electron chi connectivity index (χ0n) is 15.5. The molecule has 0 aromatic heterocycles. The summed E-state index contributed by atoms with van der Waals surface area (Å²) in [6.45, 7) is 0. The summed E-state index contributed by atoms with van der Waals surface area (Å²) in [4.78, 5) is 30.3. The molecule has 1 aliphatic rings. The van der Waals surface area contributed by atoms with Crippen molar-refractivity contribution >= 4 is 23.0 Å². The predicted octanol–water partition coefficient (Wildman–Crippen LogP) is 3.86. The van der Waals surface area contributed by atoms with Gasteiger partial charge in [-0.2, -0.15) is 0 Å². The number of benzene rings is 3. The van der Waals surface area contributed by atoms with Crippen molar-refractivity contribution in [1.82, 2.24) is 0 Å². The quantitative estimate of drug-likeness (QED) is 0.545. The maximum Gasteiger partial charge on any atom is 0.270 e. The third kappa shape index (κ3) is 3.34. The molecule has 0 radical (unpaired) electrons.